The van der Waals surface area contributed by atoms with Crippen LogP contribution in [0.5, 0.6) is 0 Å². The van der Waals surface area contributed by atoms with Crippen LogP contribution in [0.2, 0.25) is 0 Å². The van der Waals surface area contributed by atoms with Crippen molar-refractivity contribution >= 4 is 15.9 Å². The standard InChI is InChI=1S/C15H14N2O4S/c16-10-12-4-1-2-5-13(12)11-22(19,20)17-15(18)8-7-14-6-3-9-21-14/h1-6,9H,7-8,11H2,(H,17,18). The third kappa shape index (κ3) is 4.46. The van der Waals surface area contributed by atoms with Gasteiger partial charge in [0.1, 0.15) is 5.76 Å². The summed E-state index contributed by atoms with van der Waals surface area (Å²) in [5, 5.41) is 8.94. The van der Waals surface area contributed by atoms with Crippen molar-refractivity contribution in [3.05, 3.63) is 59.5 Å². The van der Waals surface area contributed by atoms with Crippen molar-refractivity contribution in [2.75, 3.05) is 0 Å². The Morgan fingerprint density at radius 3 is 2.68 bits per heavy atom. The molecule has 2 rings (SSSR count). The molecule has 0 bridgehead atoms. The summed E-state index contributed by atoms with van der Waals surface area (Å²) in [6.45, 7) is 0. The first-order valence-corrected chi connectivity index (χ1v) is 8.19. The third-order valence-electron chi connectivity index (χ3n) is 2.93. The van der Waals surface area contributed by atoms with Crippen LogP contribution in [0.15, 0.2) is 47.1 Å². The number of rotatable bonds is 6. The highest BCUT2D eigenvalue weighted by molar-refractivity contribution is 7.89. The lowest BCUT2D eigenvalue weighted by Crippen LogP contribution is -2.31. The lowest BCUT2D eigenvalue weighted by Gasteiger charge is -2.07. The molecule has 1 aromatic carbocycles. The second kappa shape index (κ2) is 6.91. The first-order valence-electron chi connectivity index (χ1n) is 6.54. The molecule has 1 aromatic heterocycles. The zero-order valence-corrected chi connectivity index (χ0v) is 12.5. The monoisotopic (exact) mass is 318 g/mol. The lowest BCUT2D eigenvalue weighted by atomic mass is 10.1. The Morgan fingerprint density at radius 1 is 1.23 bits per heavy atom. The number of sulfonamides is 1. The molecule has 22 heavy (non-hydrogen) atoms. The van der Waals surface area contributed by atoms with Crippen LogP contribution >= 0.6 is 0 Å². The molecule has 7 heteroatoms. The first kappa shape index (κ1) is 15.8. The van der Waals surface area contributed by atoms with E-state index in [0.29, 0.717) is 17.7 Å². The van der Waals surface area contributed by atoms with Gasteiger partial charge in [-0.2, -0.15) is 5.26 Å². The smallest absolute Gasteiger partial charge is 0.239 e. The molecule has 6 nitrogen and oxygen atoms in total. The molecule has 1 amide bonds. The van der Waals surface area contributed by atoms with Crippen LogP contribution in [0.1, 0.15) is 23.3 Å². The number of carbonyl (C=O) groups is 1. The van der Waals surface area contributed by atoms with Gasteiger partial charge < -0.3 is 4.42 Å². The molecule has 0 aliphatic heterocycles. The third-order valence-corrected chi connectivity index (χ3v) is 4.16. The molecular formula is C15H14N2O4S. The second-order valence-corrected chi connectivity index (χ2v) is 6.35. The van der Waals surface area contributed by atoms with E-state index < -0.39 is 21.7 Å². The highest BCUT2D eigenvalue weighted by Gasteiger charge is 2.17. The minimum Gasteiger partial charge on any atom is -0.469 e. The van der Waals surface area contributed by atoms with Crippen molar-refractivity contribution < 1.29 is 17.6 Å². The molecule has 0 atom stereocenters. The maximum absolute atomic E-state index is 12.0. The molecule has 0 aliphatic rings. The minimum atomic E-state index is -3.84. The summed E-state index contributed by atoms with van der Waals surface area (Å²) in [6.07, 6.45) is 1.82. The molecule has 1 heterocycles. The maximum Gasteiger partial charge on any atom is 0.239 e. The van der Waals surface area contributed by atoms with Crippen molar-refractivity contribution in [2.24, 2.45) is 0 Å². The molecular weight excluding hydrogens is 304 g/mol. The predicted molar refractivity (Wildman–Crippen MR) is 79.0 cm³/mol. The van der Waals surface area contributed by atoms with Gasteiger partial charge in [-0.15, -0.1) is 0 Å². The number of nitrogens with one attached hydrogen (secondary N) is 1. The van der Waals surface area contributed by atoms with Crippen LogP contribution in [0.25, 0.3) is 0 Å². The van der Waals surface area contributed by atoms with E-state index in [2.05, 4.69) is 0 Å². The summed E-state index contributed by atoms with van der Waals surface area (Å²) in [5.74, 6) is -0.406. The molecule has 0 radical (unpaired) electrons. The summed E-state index contributed by atoms with van der Waals surface area (Å²) in [5.41, 5.74) is 0.632. The van der Waals surface area contributed by atoms with Gasteiger partial charge in [0.05, 0.1) is 23.6 Å². The predicted octanol–water partition coefficient (Wildman–Crippen LogP) is 1.73. The largest absolute Gasteiger partial charge is 0.469 e. The van der Waals surface area contributed by atoms with Gasteiger partial charge in [0.25, 0.3) is 0 Å². The zero-order valence-electron chi connectivity index (χ0n) is 11.7. The van der Waals surface area contributed by atoms with E-state index in [0.717, 1.165) is 0 Å². The fraction of sp³-hybridized carbons (Fsp3) is 0.200. The number of amides is 1. The number of benzene rings is 1. The number of hydrogen-bond acceptors (Lipinski definition) is 5. The zero-order chi connectivity index (χ0) is 16.0. The van der Waals surface area contributed by atoms with Crippen molar-refractivity contribution in [3.63, 3.8) is 0 Å². The molecule has 0 saturated heterocycles. The van der Waals surface area contributed by atoms with Crippen molar-refractivity contribution in [1.29, 1.82) is 5.26 Å². The SMILES string of the molecule is N#Cc1ccccc1CS(=O)(=O)NC(=O)CCc1ccco1. The molecule has 0 saturated carbocycles. The second-order valence-electron chi connectivity index (χ2n) is 4.63. The van der Waals surface area contributed by atoms with E-state index in [1.807, 2.05) is 10.8 Å². The number of aryl methyl sites for hydroxylation is 1. The van der Waals surface area contributed by atoms with Gasteiger partial charge in [-0.25, -0.2) is 8.42 Å². The van der Waals surface area contributed by atoms with Crippen molar-refractivity contribution in [2.45, 2.75) is 18.6 Å². The molecule has 0 spiro atoms. The number of nitrogens with zero attached hydrogens (tertiary/aromatic N) is 1. The number of hydrogen-bond donors (Lipinski definition) is 1. The van der Waals surface area contributed by atoms with E-state index >= 15 is 0 Å². The lowest BCUT2D eigenvalue weighted by molar-refractivity contribution is -0.119. The topological polar surface area (TPSA) is 100 Å². The Labute approximate surface area is 128 Å². The summed E-state index contributed by atoms with van der Waals surface area (Å²) >= 11 is 0. The highest BCUT2D eigenvalue weighted by Crippen LogP contribution is 2.11. The van der Waals surface area contributed by atoms with E-state index in [1.54, 1.807) is 30.3 Å². The Balaban J connectivity index is 1.96. The van der Waals surface area contributed by atoms with Crippen LogP contribution in [0.3, 0.4) is 0 Å². The van der Waals surface area contributed by atoms with Crippen molar-refractivity contribution in [3.8, 4) is 6.07 Å². The molecule has 0 fully saturated rings. The number of nitriles is 1. The van der Waals surface area contributed by atoms with Crippen LogP contribution in [-0.2, 0) is 27.0 Å². The Bertz CT molecular complexity index is 789. The van der Waals surface area contributed by atoms with E-state index in [-0.39, 0.29) is 12.0 Å². The molecule has 0 aliphatic carbocycles. The first-order chi connectivity index (χ1) is 10.5. The van der Waals surface area contributed by atoms with E-state index in [1.165, 1.54) is 12.3 Å². The number of carbonyl (C=O) groups excluding carboxylic acids is 1. The maximum atomic E-state index is 12.0. The van der Waals surface area contributed by atoms with Gasteiger partial charge in [0, 0.05) is 12.8 Å². The Hall–Kier alpha value is -2.59. The highest BCUT2D eigenvalue weighted by atomic mass is 32.2. The molecule has 114 valence electrons. The summed E-state index contributed by atoms with van der Waals surface area (Å²) in [7, 11) is -3.84. The fourth-order valence-corrected chi connectivity index (χ4v) is 3.09. The van der Waals surface area contributed by atoms with Crippen LogP contribution in [0, 0.1) is 11.3 Å². The molecule has 1 N–H and O–H groups in total. The van der Waals surface area contributed by atoms with E-state index in [9.17, 15) is 13.2 Å². The molecule has 0 unspecified atom stereocenters. The normalized spacial score (nSPS) is 10.9. The minimum absolute atomic E-state index is 0.00659. The molecule has 2 aromatic rings. The average Bonchev–Trinajstić information content (AvgIpc) is 2.98. The fourth-order valence-electron chi connectivity index (χ4n) is 1.91. The van der Waals surface area contributed by atoms with Gasteiger partial charge in [-0.3, -0.25) is 9.52 Å². The van der Waals surface area contributed by atoms with Crippen molar-refractivity contribution in [1.82, 2.24) is 4.72 Å². The Kier molecular flexibility index (Phi) is 4.96. The quantitative estimate of drug-likeness (QED) is 0.874. The average molecular weight is 318 g/mol. The Morgan fingerprint density at radius 2 is 2.00 bits per heavy atom. The number of furan rings is 1. The summed E-state index contributed by atoms with van der Waals surface area (Å²) in [4.78, 5) is 11.7. The summed E-state index contributed by atoms with van der Waals surface area (Å²) < 4.78 is 31.0. The van der Waals surface area contributed by atoms with Crippen LogP contribution in [-0.4, -0.2) is 14.3 Å². The van der Waals surface area contributed by atoms with Gasteiger partial charge >= 0.3 is 0 Å². The van der Waals surface area contributed by atoms with Gasteiger partial charge in [0.2, 0.25) is 15.9 Å². The van der Waals surface area contributed by atoms with Crippen LogP contribution < -0.4 is 4.72 Å². The van der Waals surface area contributed by atoms with Crippen LogP contribution in [0.4, 0.5) is 0 Å². The van der Waals surface area contributed by atoms with Gasteiger partial charge in [0.15, 0.2) is 0 Å². The van der Waals surface area contributed by atoms with Gasteiger partial charge in [-0.05, 0) is 23.8 Å². The van der Waals surface area contributed by atoms with Gasteiger partial charge in [-0.1, -0.05) is 18.2 Å². The van der Waals surface area contributed by atoms with E-state index in [4.69, 9.17) is 9.68 Å². The summed E-state index contributed by atoms with van der Waals surface area (Å²) in [6, 6.07) is 11.7.